The van der Waals surface area contributed by atoms with Gasteiger partial charge in [-0.05, 0) is 33.6 Å². The number of hydrogen-bond donors (Lipinski definition) is 1. The molecule has 18 heavy (non-hydrogen) atoms. The number of nitrogens with one attached hydrogen (secondary N) is 1. The van der Waals surface area contributed by atoms with E-state index in [1.54, 1.807) is 7.11 Å². The molecule has 0 bridgehead atoms. The molecule has 0 saturated carbocycles. The van der Waals surface area contributed by atoms with Gasteiger partial charge in [0, 0.05) is 37.1 Å². The third kappa shape index (κ3) is 5.46. The summed E-state index contributed by atoms with van der Waals surface area (Å²) in [5.41, 5.74) is 1.41. The first-order valence-electron chi connectivity index (χ1n) is 6.67. The zero-order valence-electron chi connectivity index (χ0n) is 12.3. The van der Waals surface area contributed by atoms with Gasteiger partial charge < -0.3 is 10.1 Å². The van der Waals surface area contributed by atoms with Crippen molar-refractivity contribution in [1.29, 1.82) is 0 Å². The Morgan fingerprint density at radius 2 is 2.06 bits per heavy atom. The summed E-state index contributed by atoms with van der Waals surface area (Å²) < 4.78 is 5.08. The molecule has 0 aromatic carbocycles. The summed E-state index contributed by atoms with van der Waals surface area (Å²) in [6.07, 6.45) is 3.10. The number of ether oxygens (including phenoxy) is 1. The van der Waals surface area contributed by atoms with Crippen LogP contribution in [-0.2, 0) is 24.1 Å². The number of aromatic nitrogens is 1. The van der Waals surface area contributed by atoms with Gasteiger partial charge in [0.15, 0.2) is 0 Å². The Hall–Kier alpha value is -0.450. The highest BCUT2D eigenvalue weighted by atomic mass is 32.1. The molecule has 0 amide bonds. The molecule has 1 heterocycles. The lowest BCUT2D eigenvalue weighted by Crippen LogP contribution is -2.35. The van der Waals surface area contributed by atoms with Crippen molar-refractivity contribution in [3.05, 3.63) is 15.6 Å². The predicted octanol–water partition coefficient (Wildman–Crippen LogP) is 3.17. The Morgan fingerprint density at radius 1 is 1.33 bits per heavy atom. The fourth-order valence-corrected chi connectivity index (χ4v) is 2.81. The van der Waals surface area contributed by atoms with E-state index in [0.717, 1.165) is 32.4 Å². The average molecular weight is 270 g/mol. The van der Waals surface area contributed by atoms with E-state index < -0.39 is 0 Å². The molecule has 0 aliphatic carbocycles. The highest BCUT2D eigenvalue weighted by molar-refractivity contribution is 7.11. The molecule has 3 nitrogen and oxygen atoms in total. The normalized spacial score (nSPS) is 12.1. The molecular weight excluding hydrogens is 244 g/mol. The number of rotatable bonds is 7. The standard InChI is InChI=1S/C14H26N2OS/c1-6-11-12(10-15-14(2,3)4)18-13(16-11)8-7-9-17-5/h15H,6-10H2,1-5H3. The molecule has 0 unspecified atom stereocenters. The molecule has 1 rings (SSSR count). The van der Waals surface area contributed by atoms with Crippen LogP contribution in [0.2, 0.25) is 0 Å². The van der Waals surface area contributed by atoms with Crippen LogP contribution in [-0.4, -0.2) is 24.2 Å². The molecule has 0 saturated heterocycles. The van der Waals surface area contributed by atoms with Gasteiger partial charge in [-0.2, -0.15) is 0 Å². The van der Waals surface area contributed by atoms with Crippen molar-refractivity contribution in [2.24, 2.45) is 0 Å². The van der Waals surface area contributed by atoms with Gasteiger partial charge in [0.1, 0.15) is 0 Å². The highest BCUT2D eigenvalue weighted by Crippen LogP contribution is 2.21. The summed E-state index contributed by atoms with van der Waals surface area (Å²) in [5.74, 6) is 0. The Morgan fingerprint density at radius 3 is 2.61 bits per heavy atom. The van der Waals surface area contributed by atoms with Gasteiger partial charge in [0.2, 0.25) is 0 Å². The number of nitrogens with zero attached hydrogens (tertiary/aromatic N) is 1. The van der Waals surface area contributed by atoms with Crippen molar-refractivity contribution < 1.29 is 4.74 Å². The lowest BCUT2D eigenvalue weighted by molar-refractivity contribution is 0.195. The second-order valence-corrected chi connectivity index (χ2v) is 6.70. The minimum atomic E-state index is 0.158. The maximum Gasteiger partial charge on any atom is 0.0932 e. The molecule has 1 aromatic rings. The summed E-state index contributed by atoms with van der Waals surface area (Å²) in [5, 5.41) is 4.78. The van der Waals surface area contributed by atoms with Crippen molar-refractivity contribution in [2.75, 3.05) is 13.7 Å². The molecule has 0 spiro atoms. The molecular formula is C14H26N2OS. The first kappa shape index (κ1) is 15.6. The summed E-state index contributed by atoms with van der Waals surface area (Å²) in [6, 6.07) is 0. The van der Waals surface area contributed by atoms with Crippen molar-refractivity contribution in [2.45, 2.75) is 59.0 Å². The smallest absolute Gasteiger partial charge is 0.0932 e. The highest BCUT2D eigenvalue weighted by Gasteiger charge is 2.13. The second kappa shape index (κ2) is 7.22. The Kier molecular flexibility index (Phi) is 6.26. The van der Waals surface area contributed by atoms with Gasteiger partial charge in [-0.3, -0.25) is 0 Å². The molecule has 0 fully saturated rings. The maximum absolute atomic E-state index is 5.08. The zero-order chi connectivity index (χ0) is 13.6. The molecule has 0 radical (unpaired) electrons. The van der Waals surface area contributed by atoms with Crippen molar-refractivity contribution >= 4 is 11.3 Å². The summed E-state index contributed by atoms with van der Waals surface area (Å²) in [6.45, 7) is 10.5. The minimum Gasteiger partial charge on any atom is -0.385 e. The van der Waals surface area contributed by atoms with Crippen molar-refractivity contribution in [3.63, 3.8) is 0 Å². The number of aryl methyl sites for hydroxylation is 2. The molecule has 0 aliphatic rings. The van der Waals surface area contributed by atoms with Crippen molar-refractivity contribution in [1.82, 2.24) is 10.3 Å². The van der Waals surface area contributed by atoms with E-state index in [1.165, 1.54) is 15.6 Å². The largest absolute Gasteiger partial charge is 0.385 e. The molecule has 4 heteroatoms. The van der Waals surface area contributed by atoms with Crippen LogP contribution >= 0.6 is 11.3 Å². The van der Waals surface area contributed by atoms with E-state index in [9.17, 15) is 0 Å². The van der Waals surface area contributed by atoms with Crippen LogP contribution in [0.1, 0.15) is 49.7 Å². The number of hydrogen-bond acceptors (Lipinski definition) is 4. The number of methoxy groups -OCH3 is 1. The van der Waals surface area contributed by atoms with Crippen LogP contribution in [0.15, 0.2) is 0 Å². The van der Waals surface area contributed by atoms with Crippen LogP contribution in [0.3, 0.4) is 0 Å². The Labute approximate surface area is 115 Å². The fourth-order valence-electron chi connectivity index (χ4n) is 1.67. The van der Waals surface area contributed by atoms with Crippen LogP contribution in [0, 0.1) is 0 Å². The van der Waals surface area contributed by atoms with Gasteiger partial charge in [0.05, 0.1) is 10.7 Å². The number of thiazole rings is 1. The zero-order valence-corrected chi connectivity index (χ0v) is 13.1. The van der Waals surface area contributed by atoms with Gasteiger partial charge >= 0.3 is 0 Å². The molecule has 1 aromatic heterocycles. The molecule has 0 atom stereocenters. The molecule has 104 valence electrons. The van der Waals surface area contributed by atoms with E-state index in [0.29, 0.717) is 0 Å². The minimum absolute atomic E-state index is 0.158. The third-order valence-corrected chi connectivity index (χ3v) is 3.83. The maximum atomic E-state index is 5.08. The SMILES string of the molecule is CCc1nc(CCCOC)sc1CNC(C)(C)C. The Bertz CT molecular complexity index is 355. The van der Waals surface area contributed by atoms with Crippen LogP contribution in [0.5, 0.6) is 0 Å². The van der Waals surface area contributed by atoms with Crippen LogP contribution in [0.25, 0.3) is 0 Å². The Balaban J connectivity index is 2.60. The van der Waals surface area contributed by atoms with Gasteiger partial charge in [-0.15, -0.1) is 11.3 Å². The predicted molar refractivity (Wildman–Crippen MR) is 78.3 cm³/mol. The second-order valence-electron chi connectivity index (χ2n) is 5.53. The summed E-state index contributed by atoms with van der Waals surface area (Å²) in [4.78, 5) is 6.11. The summed E-state index contributed by atoms with van der Waals surface area (Å²) >= 11 is 1.85. The van der Waals surface area contributed by atoms with Crippen LogP contribution < -0.4 is 5.32 Å². The van der Waals surface area contributed by atoms with Gasteiger partial charge in [0.25, 0.3) is 0 Å². The lowest BCUT2D eigenvalue weighted by Gasteiger charge is -2.20. The van der Waals surface area contributed by atoms with E-state index in [1.807, 2.05) is 11.3 Å². The van der Waals surface area contributed by atoms with E-state index in [2.05, 4.69) is 33.0 Å². The monoisotopic (exact) mass is 270 g/mol. The summed E-state index contributed by atoms with van der Waals surface area (Å²) in [7, 11) is 1.75. The van der Waals surface area contributed by atoms with E-state index >= 15 is 0 Å². The topological polar surface area (TPSA) is 34.1 Å². The van der Waals surface area contributed by atoms with E-state index in [-0.39, 0.29) is 5.54 Å². The molecule has 1 N–H and O–H groups in total. The first-order valence-corrected chi connectivity index (χ1v) is 7.49. The average Bonchev–Trinajstić information content (AvgIpc) is 2.68. The quantitative estimate of drug-likeness (QED) is 0.773. The van der Waals surface area contributed by atoms with Gasteiger partial charge in [-0.1, -0.05) is 6.92 Å². The molecule has 0 aliphatic heterocycles. The fraction of sp³-hybridized carbons (Fsp3) is 0.786. The van der Waals surface area contributed by atoms with E-state index in [4.69, 9.17) is 9.72 Å². The third-order valence-electron chi connectivity index (χ3n) is 2.68. The first-order chi connectivity index (χ1) is 8.46. The van der Waals surface area contributed by atoms with Crippen molar-refractivity contribution in [3.8, 4) is 0 Å². The van der Waals surface area contributed by atoms with Crippen LogP contribution in [0.4, 0.5) is 0 Å². The van der Waals surface area contributed by atoms with Gasteiger partial charge in [-0.25, -0.2) is 4.98 Å². The lowest BCUT2D eigenvalue weighted by atomic mass is 10.1.